The normalized spacial score (nSPS) is 11.1. The largest absolute Gasteiger partial charge is 0.416 e. The topological polar surface area (TPSA) is 153 Å². The number of carbonyl (C=O) groups excluding carboxylic acids is 2. The Morgan fingerprint density at radius 1 is 0.881 bits per heavy atom. The van der Waals surface area contributed by atoms with Gasteiger partial charge in [-0.25, -0.2) is 19.9 Å². The number of benzene rings is 2. The number of amides is 2. The summed E-state index contributed by atoms with van der Waals surface area (Å²) in [4.78, 5) is 41.0. The molecule has 0 unspecified atom stereocenters. The lowest BCUT2D eigenvalue weighted by atomic mass is 10.1. The molecule has 0 radical (unpaired) electrons. The summed E-state index contributed by atoms with van der Waals surface area (Å²) in [5, 5.41) is 8.87. The third-order valence-electron chi connectivity index (χ3n) is 6.04. The van der Waals surface area contributed by atoms with Gasteiger partial charge in [0, 0.05) is 41.6 Å². The lowest BCUT2D eigenvalue weighted by Gasteiger charge is -2.14. The zero-order valence-electron chi connectivity index (χ0n) is 21.8. The average molecular weight is 574 g/mol. The van der Waals surface area contributed by atoms with Crippen molar-refractivity contribution < 1.29 is 22.8 Å². The maximum absolute atomic E-state index is 13.1. The van der Waals surface area contributed by atoms with E-state index in [0.717, 1.165) is 17.7 Å². The SMILES string of the molecule is Cc1ccc(NC(=O)c2cccc(C(F)(F)F)c2)cc1Nc1nccn1-c1cc(Nc2ccc(C(N)=O)cn2)ncn1. The van der Waals surface area contributed by atoms with Gasteiger partial charge in [-0.05, 0) is 55.0 Å². The molecule has 0 aliphatic heterocycles. The van der Waals surface area contributed by atoms with Crippen molar-refractivity contribution in [3.63, 3.8) is 0 Å². The standard InChI is InChI=1S/C28H22F3N9O2/c1-16-5-7-20(37-26(42)17-3-2-4-19(11-17)28(29,30)31)12-21(16)38-27-33-9-10-40(27)24-13-23(35-15-36-24)39-22-8-6-18(14-34-22)25(32)41/h2-15H,1H3,(H2,32,41)(H,33,38)(H,37,42)(H,34,35,36,39). The van der Waals surface area contributed by atoms with Crippen LogP contribution in [0, 0.1) is 6.92 Å². The molecule has 2 amide bonds. The van der Waals surface area contributed by atoms with Gasteiger partial charge < -0.3 is 21.7 Å². The number of primary amides is 1. The summed E-state index contributed by atoms with van der Waals surface area (Å²) < 4.78 is 40.9. The van der Waals surface area contributed by atoms with Crippen LogP contribution in [0.4, 0.5) is 42.1 Å². The van der Waals surface area contributed by atoms with Gasteiger partial charge in [0.1, 0.15) is 23.8 Å². The number of halogens is 3. The van der Waals surface area contributed by atoms with Crippen molar-refractivity contribution in [2.45, 2.75) is 13.1 Å². The highest BCUT2D eigenvalue weighted by molar-refractivity contribution is 6.04. The van der Waals surface area contributed by atoms with E-state index >= 15 is 0 Å². The minimum absolute atomic E-state index is 0.123. The number of aromatic nitrogens is 5. The molecule has 0 bridgehead atoms. The Morgan fingerprint density at radius 2 is 1.71 bits per heavy atom. The van der Waals surface area contributed by atoms with E-state index in [0.29, 0.717) is 34.8 Å². The number of rotatable bonds is 8. The molecular formula is C28H22F3N9O2. The summed E-state index contributed by atoms with van der Waals surface area (Å²) >= 11 is 0. The van der Waals surface area contributed by atoms with Gasteiger partial charge in [0.15, 0.2) is 0 Å². The van der Waals surface area contributed by atoms with Crippen molar-refractivity contribution in [1.82, 2.24) is 24.5 Å². The number of alkyl halides is 3. The molecule has 5 rings (SSSR count). The lowest BCUT2D eigenvalue weighted by Crippen LogP contribution is -2.14. The predicted molar refractivity (Wildman–Crippen MR) is 149 cm³/mol. The van der Waals surface area contributed by atoms with E-state index in [1.54, 1.807) is 47.3 Å². The van der Waals surface area contributed by atoms with E-state index in [9.17, 15) is 22.8 Å². The number of aryl methyl sites for hydroxylation is 1. The molecule has 0 spiro atoms. The Bertz CT molecular complexity index is 1770. The molecule has 0 saturated carbocycles. The second-order valence-corrected chi connectivity index (χ2v) is 8.99. The Labute approximate surface area is 236 Å². The summed E-state index contributed by atoms with van der Waals surface area (Å²) in [6, 6.07) is 14.0. The van der Waals surface area contributed by atoms with Gasteiger partial charge in [-0.2, -0.15) is 13.2 Å². The Balaban J connectivity index is 1.33. The summed E-state index contributed by atoms with van der Waals surface area (Å²) in [6.07, 6.45) is 1.39. The zero-order chi connectivity index (χ0) is 29.9. The fourth-order valence-corrected chi connectivity index (χ4v) is 3.87. The number of nitrogens with two attached hydrogens (primary N) is 1. The molecule has 14 heteroatoms. The number of imidazole rings is 1. The lowest BCUT2D eigenvalue weighted by molar-refractivity contribution is -0.137. The van der Waals surface area contributed by atoms with Gasteiger partial charge in [0.05, 0.1) is 11.1 Å². The van der Waals surface area contributed by atoms with Crippen molar-refractivity contribution >= 4 is 40.8 Å². The minimum atomic E-state index is -4.56. The highest BCUT2D eigenvalue weighted by atomic mass is 19.4. The van der Waals surface area contributed by atoms with Crippen molar-refractivity contribution in [1.29, 1.82) is 0 Å². The number of nitrogens with one attached hydrogen (secondary N) is 3. The molecule has 0 saturated heterocycles. The van der Waals surface area contributed by atoms with Gasteiger partial charge in [-0.1, -0.05) is 12.1 Å². The third-order valence-corrected chi connectivity index (χ3v) is 6.04. The minimum Gasteiger partial charge on any atom is -0.366 e. The Kier molecular flexibility index (Phi) is 7.51. The Morgan fingerprint density at radius 3 is 2.45 bits per heavy atom. The predicted octanol–water partition coefficient (Wildman–Crippen LogP) is 5.22. The summed E-state index contributed by atoms with van der Waals surface area (Å²) in [5.41, 5.74) is 6.27. The molecule has 0 fully saturated rings. The number of nitrogens with zero attached hydrogens (tertiary/aromatic N) is 5. The molecule has 42 heavy (non-hydrogen) atoms. The van der Waals surface area contributed by atoms with Crippen LogP contribution in [0.5, 0.6) is 0 Å². The first-order valence-corrected chi connectivity index (χ1v) is 12.3. The molecule has 0 aliphatic rings. The van der Waals surface area contributed by atoms with Crippen LogP contribution in [0.3, 0.4) is 0 Å². The van der Waals surface area contributed by atoms with Crippen LogP contribution in [0.15, 0.2) is 85.6 Å². The van der Waals surface area contributed by atoms with Crippen LogP contribution in [0.1, 0.15) is 31.8 Å². The van der Waals surface area contributed by atoms with Crippen molar-refractivity contribution in [2.75, 3.05) is 16.0 Å². The molecule has 5 aromatic rings. The van der Waals surface area contributed by atoms with Crippen molar-refractivity contribution in [2.24, 2.45) is 5.73 Å². The van der Waals surface area contributed by atoms with Crippen LogP contribution in [0.2, 0.25) is 0 Å². The summed E-state index contributed by atoms with van der Waals surface area (Å²) in [5.74, 6) is 0.457. The van der Waals surface area contributed by atoms with Crippen LogP contribution in [0.25, 0.3) is 5.82 Å². The quantitative estimate of drug-likeness (QED) is 0.197. The molecule has 212 valence electrons. The smallest absolute Gasteiger partial charge is 0.366 e. The molecular weight excluding hydrogens is 551 g/mol. The van der Waals surface area contributed by atoms with E-state index in [4.69, 9.17) is 5.73 Å². The Hall–Kier alpha value is -5.79. The van der Waals surface area contributed by atoms with Crippen LogP contribution >= 0.6 is 0 Å². The van der Waals surface area contributed by atoms with Gasteiger partial charge >= 0.3 is 6.18 Å². The fourth-order valence-electron chi connectivity index (χ4n) is 3.87. The summed E-state index contributed by atoms with van der Waals surface area (Å²) in [7, 11) is 0. The van der Waals surface area contributed by atoms with Crippen LogP contribution in [-0.2, 0) is 6.18 Å². The van der Waals surface area contributed by atoms with Crippen LogP contribution in [-0.4, -0.2) is 36.3 Å². The maximum atomic E-state index is 13.1. The third kappa shape index (κ3) is 6.33. The second kappa shape index (κ2) is 11.4. The van der Waals surface area contributed by atoms with E-state index in [-0.39, 0.29) is 11.1 Å². The first-order chi connectivity index (χ1) is 20.1. The van der Waals surface area contributed by atoms with E-state index < -0.39 is 23.6 Å². The zero-order valence-corrected chi connectivity index (χ0v) is 21.8. The summed E-state index contributed by atoms with van der Waals surface area (Å²) in [6.45, 7) is 1.84. The fraction of sp³-hybridized carbons (Fsp3) is 0.0714. The van der Waals surface area contributed by atoms with Gasteiger partial charge in [0.2, 0.25) is 11.9 Å². The first kappa shape index (κ1) is 27.8. The molecule has 3 heterocycles. The van der Waals surface area contributed by atoms with Gasteiger partial charge in [-0.3, -0.25) is 14.2 Å². The maximum Gasteiger partial charge on any atom is 0.416 e. The van der Waals surface area contributed by atoms with E-state index in [2.05, 4.69) is 35.9 Å². The molecule has 0 aliphatic carbocycles. The molecule has 11 nitrogen and oxygen atoms in total. The molecule has 2 aromatic carbocycles. The molecule has 5 N–H and O–H groups in total. The van der Waals surface area contributed by atoms with Gasteiger partial charge in [-0.15, -0.1) is 0 Å². The average Bonchev–Trinajstić information content (AvgIpc) is 3.43. The number of anilines is 5. The molecule has 3 aromatic heterocycles. The second-order valence-electron chi connectivity index (χ2n) is 8.99. The number of hydrogen-bond acceptors (Lipinski definition) is 8. The monoisotopic (exact) mass is 573 g/mol. The van der Waals surface area contributed by atoms with E-state index in [1.165, 1.54) is 30.7 Å². The number of pyridine rings is 1. The highest BCUT2D eigenvalue weighted by Crippen LogP contribution is 2.30. The van der Waals surface area contributed by atoms with Gasteiger partial charge in [0.25, 0.3) is 5.91 Å². The van der Waals surface area contributed by atoms with E-state index in [1.807, 2.05) is 6.92 Å². The van der Waals surface area contributed by atoms with Crippen molar-refractivity contribution in [3.05, 3.63) is 108 Å². The van der Waals surface area contributed by atoms with Crippen LogP contribution < -0.4 is 21.7 Å². The first-order valence-electron chi connectivity index (χ1n) is 12.3. The number of carbonyl (C=O) groups is 2. The highest BCUT2D eigenvalue weighted by Gasteiger charge is 2.31. The number of hydrogen-bond donors (Lipinski definition) is 4. The van der Waals surface area contributed by atoms with Crippen molar-refractivity contribution in [3.8, 4) is 5.82 Å². The molecule has 0 atom stereocenters.